The van der Waals surface area contributed by atoms with Gasteiger partial charge in [0.1, 0.15) is 0 Å². The van der Waals surface area contributed by atoms with E-state index in [-0.39, 0.29) is 11.8 Å². The first-order valence-corrected chi connectivity index (χ1v) is 9.34. The predicted molar refractivity (Wildman–Crippen MR) is 95.3 cm³/mol. The van der Waals surface area contributed by atoms with Gasteiger partial charge >= 0.3 is 0 Å². The number of hydrogen-bond acceptors (Lipinski definition) is 4. The summed E-state index contributed by atoms with van der Waals surface area (Å²) in [5.74, 6) is 1.71. The van der Waals surface area contributed by atoms with Crippen LogP contribution < -0.4 is 14.8 Å². The number of carbonyl (C=O) groups excluding carboxylic acids is 1. The van der Waals surface area contributed by atoms with Gasteiger partial charge in [-0.25, -0.2) is 0 Å². The molecule has 0 unspecified atom stereocenters. The van der Waals surface area contributed by atoms with Crippen molar-refractivity contribution in [2.24, 2.45) is 0 Å². The Labute approximate surface area is 145 Å². The predicted octanol–water partition coefficient (Wildman–Crippen LogP) is 4.55. The van der Waals surface area contributed by atoms with Crippen molar-refractivity contribution in [3.63, 3.8) is 0 Å². The number of carbonyl (C=O) groups is 1. The van der Waals surface area contributed by atoms with Gasteiger partial charge in [0.05, 0.1) is 18.9 Å². The first-order valence-electron chi connectivity index (χ1n) is 8.46. The molecule has 1 aliphatic carbocycles. The minimum Gasteiger partial charge on any atom is -0.493 e. The SMILES string of the molecule is COc1cc([C@H]2CC(=O)Nc3ccsc32)ccc1OC1CCCC1. The van der Waals surface area contributed by atoms with Crippen LogP contribution in [-0.4, -0.2) is 19.1 Å². The number of ether oxygens (including phenoxy) is 2. The van der Waals surface area contributed by atoms with Crippen LogP contribution in [0.5, 0.6) is 11.5 Å². The highest BCUT2D eigenvalue weighted by Gasteiger charge is 2.28. The van der Waals surface area contributed by atoms with Crippen molar-refractivity contribution >= 4 is 22.9 Å². The third-order valence-electron chi connectivity index (χ3n) is 4.86. The largest absolute Gasteiger partial charge is 0.493 e. The summed E-state index contributed by atoms with van der Waals surface area (Å²) in [4.78, 5) is 13.2. The summed E-state index contributed by atoms with van der Waals surface area (Å²) in [6, 6.07) is 8.06. The Morgan fingerprint density at radius 3 is 2.79 bits per heavy atom. The van der Waals surface area contributed by atoms with Crippen LogP contribution in [0, 0.1) is 0 Å². The number of amides is 1. The van der Waals surface area contributed by atoms with E-state index in [1.165, 1.54) is 17.7 Å². The van der Waals surface area contributed by atoms with E-state index in [2.05, 4.69) is 11.4 Å². The number of thiophene rings is 1. The van der Waals surface area contributed by atoms with E-state index < -0.39 is 0 Å². The fraction of sp³-hybridized carbons (Fsp3) is 0.421. The Morgan fingerprint density at radius 1 is 1.17 bits per heavy atom. The van der Waals surface area contributed by atoms with Gasteiger partial charge in [0.25, 0.3) is 0 Å². The molecule has 1 N–H and O–H groups in total. The molecule has 0 saturated heterocycles. The van der Waals surface area contributed by atoms with Gasteiger partial charge in [0, 0.05) is 17.2 Å². The summed E-state index contributed by atoms with van der Waals surface area (Å²) in [6.45, 7) is 0. The molecular weight excluding hydrogens is 322 g/mol. The molecule has 1 aromatic heterocycles. The van der Waals surface area contributed by atoms with Crippen molar-refractivity contribution in [1.29, 1.82) is 0 Å². The van der Waals surface area contributed by atoms with Crippen LogP contribution in [0.3, 0.4) is 0 Å². The summed E-state index contributed by atoms with van der Waals surface area (Å²) in [6.07, 6.45) is 5.49. The number of rotatable bonds is 4. The maximum atomic E-state index is 12.0. The lowest BCUT2D eigenvalue weighted by Crippen LogP contribution is -2.22. The lowest BCUT2D eigenvalue weighted by Gasteiger charge is -2.24. The van der Waals surface area contributed by atoms with E-state index in [0.29, 0.717) is 12.5 Å². The Kier molecular flexibility index (Phi) is 4.19. The van der Waals surface area contributed by atoms with E-state index in [0.717, 1.165) is 35.6 Å². The van der Waals surface area contributed by atoms with Crippen LogP contribution in [0.15, 0.2) is 29.6 Å². The molecule has 1 atom stereocenters. The topological polar surface area (TPSA) is 47.6 Å². The second-order valence-corrected chi connectivity index (χ2v) is 7.39. The summed E-state index contributed by atoms with van der Waals surface area (Å²) < 4.78 is 11.7. The zero-order valence-corrected chi connectivity index (χ0v) is 14.5. The zero-order chi connectivity index (χ0) is 16.5. The molecule has 5 heteroatoms. The molecule has 24 heavy (non-hydrogen) atoms. The molecule has 126 valence electrons. The van der Waals surface area contributed by atoms with Crippen molar-refractivity contribution in [1.82, 2.24) is 0 Å². The number of anilines is 1. The summed E-state index contributed by atoms with van der Waals surface area (Å²) in [5, 5.41) is 4.97. The standard InChI is InChI=1S/C19H21NO3S/c1-22-17-10-12(6-7-16(17)23-13-4-2-3-5-13)14-11-18(21)20-15-8-9-24-19(14)15/h6-10,13-14H,2-5,11H2,1H3,(H,20,21)/t14-/m1/s1. The van der Waals surface area contributed by atoms with E-state index in [1.54, 1.807) is 18.4 Å². The van der Waals surface area contributed by atoms with E-state index in [4.69, 9.17) is 9.47 Å². The minimum atomic E-state index is 0.0659. The summed E-state index contributed by atoms with van der Waals surface area (Å²) in [7, 11) is 1.67. The Bertz CT molecular complexity index is 749. The van der Waals surface area contributed by atoms with E-state index in [1.807, 2.05) is 23.6 Å². The Morgan fingerprint density at radius 2 is 2.00 bits per heavy atom. The second-order valence-electron chi connectivity index (χ2n) is 6.44. The Hall–Kier alpha value is -2.01. The molecule has 2 aromatic rings. The van der Waals surface area contributed by atoms with Gasteiger partial charge in [-0.1, -0.05) is 6.07 Å². The maximum absolute atomic E-state index is 12.0. The molecule has 1 amide bonds. The van der Waals surface area contributed by atoms with Crippen molar-refractivity contribution in [2.75, 3.05) is 12.4 Å². The van der Waals surface area contributed by atoms with Gasteiger partial charge in [-0.15, -0.1) is 11.3 Å². The molecule has 1 aromatic carbocycles. The molecule has 0 spiro atoms. The van der Waals surface area contributed by atoms with Crippen molar-refractivity contribution < 1.29 is 14.3 Å². The second kappa shape index (κ2) is 6.48. The highest BCUT2D eigenvalue weighted by atomic mass is 32.1. The number of fused-ring (bicyclic) bond motifs is 1. The van der Waals surface area contributed by atoms with Crippen molar-refractivity contribution in [3.05, 3.63) is 40.1 Å². The van der Waals surface area contributed by atoms with Gasteiger partial charge in [-0.3, -0.25) is 4.79 Å². The highest BCUT2D eigenvalue weighted by Crippen LogP contribution is 2.43. The number of methoxy groups -OCH3 is 1. The van der Waals surface area contributed by atoms with E-state index in [9.17, 15) is 4.79 Å². The lowest BCUT2D eigenvalue weighted by molar-refractivity contribution is -0.116. The minimum absolute atomic E-state index is 0.0659. The van der Waals surface area contributed by atoms with Crippen molar-refractivity contribution in [3.8, 4) is 11.5 Å². The fourth-order valence-electron chi connectivity index (χ4n) is 3.63. The monoisotopic (exact) mass is 343 g/mol. The van der Waals surface area contributed by atoms with E-state index >= 15 is 0 Å². The molecule has 4 nitrogen and oxygen atoms in total. The van der Waals surface area contributed by atoms with Gasteiger partial charge in [0.2, 0.25) is 5.91 Å². The molecule has 1 aliphatic heterocycles. The molecule has 2 aliphatic rings. The molecule has 0 bridgehead atoms. The fourth-order valence-corrected chi connectivity index (χ4v) is 4.61. The normalized spacial score (nSPS) is 20.5. The first-order chi connectivity index (χ1) is 11.7. The molecular formula is C19H21NO3S. The number of nitrogens with one attached hydrogen (secondary N) is 1. The highest BCUT2D eigenvalue weighted by molar-refractivity contribution is 7.10. The third kappa shape index (κ3) is 2.88. The lowest BCUT2D eigenvalue weighted by atomic mass is 9.90. The molecule has 0 radical (unpaired) electrons. The van der Waals surface area contributed by atoms with Crippen molar-refractivity contribution in [2.45, 2.75) is 44.1 Å². The third-order valence-corrected chi connectivity index (χ3v) is 5.89. The molecule has 4 rings (SSSR count). The maximum Gasteiger partial charge on any atom is 0.225 e. The summed E-state index contributed by atoms with van der Waals surface area (Å²) in [5.41, 5.74) is 2.04. The number of hydrogen-bond donors (Lipinski definition) is 1. The first kappa shape index (κ1) is 15.5. The molecule has 2 heterocycles. The van der Waals surface area contributed by atoms with Crippen LogP contribution in [0.1, 0.15) is 48.5 Å². The van der Waals surface area contributed by atoms with Gasteiger partial charge in [0.15, 0.2) is 11.5 Å². The van der Waals surface area contributed by atoms with Gasteiger partial charge in [-0.05, 0) is 54.8 Å². The quantitative estimate of drug-likeness (QED) is 0.886. The van der Waals surface area contributed by atoms with Crippen LogP contribution >= 0.6 is 11.3 Å². The van der Waals surface area contributed by atoms with Gasteiger partial charge < -0.3 is 14.8 Å². The zero-order valence-electron chi connectivity index (χ0n) is 13.7. The molecule has 1 fully saturated rings. The van der Waals surface area contributed by atoms with Gasteiger partial charge in [-0.2, -0.15) is 0 Å². The van der Waals surface area contributed by atoms with Crippen LogP contribution in [0.4, 0.5) is 5.69 Å². The van der Waals surface area contributed by atoms with Crippen LogP contribution in [0.25, 0.3) is 0 Å². The average Bonchev–Trinajstić information content (AvgIpc) is 3.25. The average molecular weight is 343 g/mol. The van der Waals surface area contributed by atoms with Crippen LogP contribution in [0.2, 0.25) is 0 Å². The number of benzene rings is 1. The smallest absolute Gasteiger partial charge is 0.225 e. The summed E-state index contributed by atoms with van der Waals surface area (Å²) >= 11 is 1.69. The van der Waals surface area contributed by atoms with Crippen LogP contribution in [-0.2, 0) is 4.79 Å². The Balaban J connectivity index is 1.63. The molecule has 1 saturated carbocycles.